The van der Waals surface area contributed by atoms with Gasteiger partial charge in [-0.3, -0.25) is 4.79 Å². The summed E-state index contributed by atoms with van der Waals surface area (Å²) in [6.07, 6.45) is 0. The molecule has 0 aliphatic heterocycles. The quantitative estimate of drug-likeness (QED) is 0.831. The first-order chi connectivity index (χ1) is 7.61. The summed E-state index contributed by atoms with van der Waals surface area (Å²) in [5.74, 6) is 0.347. The first-order valence-corrected chi connectivity index (χ1v) is 5.00. The molecular weight excluding hydrogens is 204 g/mol. The number of aryl methyl sites for hydroxylation is 1. The van der Waals surface area contributed by atoms with Crippen molar-refractivity contribution in [2.75, 3.05) is 6.61 Å². The van der Waals surface area contributed by atoms with E-state index in [1.54, 1.807) is 19.1 Å². The van der Waals surface area contributed by atoms with Crippen LogP contribution in [0.25, 0.3) is 0 Å². The number of nitrogens with zero attached hydrogens (tertiary/aromatic N) is 1. The van der Waals surface area contributed by atoms with Gasteiger partial charge >= 0.3 is 0 Å². The van der Waals surface area contributed by atoms with Gasteiger partial charge in [0.05, 0.1) is 6.07 Å². The number of hydrogen-bond acceptors (Lipinski definition) is 3. The van der Waals surface area contributed by atoms with Crippen LogP contribution in [-0.2, 0) is 4.79 Å². The predicted octanol–water partition coefficient (Wildman–Crippen LogP) is 1.40. The van der Waals surface area contributed by atoms with E-state index in [4.69, 9.17) is 10.00 Å². The van der Waals surface area contributed by atoms with Gasteiger partial charge in [-0.05, 0) is 26.0 Å². The lowest BCUT2D eigenvalue weighted by Gasteiger charge is -2.08. The Kier molecular flexibility index (Phi) is 4.34. The number of nitrogens with one attached hydrogen (secondary N) is 1. The van der Waals surface area contributed by atoms with Crippen LogP contribution in [0.5, 0.6) is 5.75 Å². The number of amides is 1. The van der Waals surface area contributed by atoms with Gasteiger partial charge in [0.25, 0.3) is 5.91 Å². The van der Waals surface area contributed by atoms with E-state index in [2.05, 4.69) is 5.32 Å². The van der Waals surface area contributed by atoms with Crippen LogP contribution < -0.4 is 10.1 Å². The Labute approximate surface area is 94.8 Å². The smallest absolute Gasteiger partial charge is 0.258 e. The zero-order valence-electron chi connectivity index (χ0n) is 9.36. The molecule has 0 spiro atoms. The summed E-state index contributed by atoms with van der Waals surface area (Å²) in [4.78, 5) is 11.3. The topological polar surface area (TPSA) is 62.1 Å². The van der Waals surface area contributed by atoms with Crippen molar-refractivity contribution in [1.29, 1.82) is 5.26 Å². The fourth-order valence-corrected chi connectivity index (χ4v) is 1.10. The van der Waals surface area contributed by atoms with Gasteiger partial charge in [0.1, 0.15) is 11.8 Å². The Morgan fingerprint density at radius 2 is 2.12 bits per heavy atom. The summed E-state index contributed by atoms with van der Waals surface area (Å²) in [6.45, 7) is 3.52. The largest absolute Gasteiger partial charge is 0.484 e. The summed E-state index contributed by atoms with van der Waals surface area (Å²) in [5, 5.41) is 11.0. The van der Waals surface area contributed by atoms with Crippen LogP contribution in [0, 0.1) is 18.3 Å². The summed E-state index contributed by atoms with van der Waals surface area (Å²) in [7, 11) is 0. The molecule has 0 aliphatic carbocycles. The minimum absolute atomic E-state index is 0.0743. The van der Waals surface area contributed by atoms with Crippen LogP contribution >= 0.6 is 0 Å². The standard InChI is InChI=1S/C12H14N2O2/c1-9-3-5-11(6-4-9)16-8-12(15)14-10(2)7-13/h3-6,10H,8H2,1-2H3,(H,14,15). The molecule has 0 saturated heterocycles. The van der Waals surface area contributed by atoms with Gasteiger partial charge in [-0.25, -0.2) is 0 Å². The highest BCUT2D eigenvalue weighted by Gasteiger charge is 2.06. The van der Waals surface area contributed by atoms with Crippen molar-refractivity contribution in [3.8, 4) is 11.8 Å². The molecule has 1 unspecified atom stereocenters. The molecule has 0 aromatic heterocycles. The van der Waals surface area contributed by atoms with Crippen LogP contribution in [0.3, 0.4) is 0 Å². The number of rotatable bonds is 4. The second kappa shape index (κ2) is 5.76. The maximum absolute atomic E-state index is 11.3. The number of hydrogen-bond donors (Lipinski definition) is 1. The molecule has 0 aliphatic rings. The number of ether oxygens (including phenoxy) is 1. The van der Waals surface area contributed by atoms with Crippen molar-refractivity contribution in [3.63, 3.8) is 0 Å². The Bertz CT molecular complexity index is 392. The highest BCUT2D eigenvalue weighted by molar-refractivity contribution is 5.78. The second-order valence-corrected chi connectivity index (χ2v) is 3.52. The molecular formula is C12H14N2O2. The van der Waals surface area contributed by atoms with E-state index < -0.39 is 6.04 Å². The fourth-order valence-electron chi connectivity index (χ4n) is 1.10. The maximum Gasteiger partial charge on any atom is 0.258 e. The summed E-state index contributed by atoms with van der Waals surface area (Å²) in [6, 6.07) is 8.84. The summed E-state index contributed by atoms with van der Waals surface area (Å²) >= 11 is 0. The van der Waals surface area contributed by atoms with E-state index >= 15 is 0 Å². The molecule has 1 N–H and O–H groups in total. The Morgan fingerprint density at radius 1 is 1.50 bits per heavy atom. The molecule has 4 nitrogen and oxygen atoms in total. The van der Waals surface area contributed by atoms with Crippen molar-refractivity contribution in [1.82, 2.24) is 5.32 Å². The highest BCUT2D eigenvalue weighted by atomic mass is 16.5. The van der Waals surface area contributed by atoms with E-state index in [1.165, 1.54) is 0 Å². The zero-order valence-corrected chi connectivity index (χ0v) is 9.36. The van der Waals surface area contributed by atoms with Crippen molar-refractivity contribution in [2.24, 2.45) is 0 Å². The molecule has 84 valence electrons. The van der Waals surface area contributed by atoms with E-state index in [0.717, 1.165) is 5.56 Å². The lowest BCUT2D eigenvalue weighted by molar-refractivity contribution is -0.123. The van der Waals surface area contributed by atoms with Crippen molar-refractivity contribution in [2.45, 2.75) is 19.9 Å². The fraction of sp³-hybridized carbons (Fsp3) is 0.333. The molecule has 16 heavy (non-hydrogen) atoms. The SMILES string of the molecule is Cc1ccc(OCC(=O)NC(C)C#N)cc1. The van der Waals surface area contributed by atoms with Crippen LogP contribution in [0.4, 0.5) is 0 Å². The van der Waals surface area contributed by atoms with Gasteiger partial charge in [0.2, 0.25) is 0 Å². The minimum atomic E-state index is -0.492. The number of benzene rings is 1. The van der Waals surface area contributed by atoms with Crippen LogP contribution in [-0.4, -0.2) is 18.6 Å². The van der Waals surface area contributed by atoms with Gasteiger partial charge in [-0.15, -0.1) is 0 Å². The second-order valence-electron chi connectivity index (χ2n) is 3.52. The van der Waals surface area contributed by atoms with Gasteiger partial charge in [0.15, 0.2) is 6.61 Å². The predicted molar refractivity (Wildman–Crippen MR) is 59.9 cm³/mol. The van der Waals surface area contributed by atoms with E-state index in [1.807, 2.05) is 25.1 Å². The molecule has 1 aromatic carbocycles. The lowest BCUT2D eigenvalue weighted by atomic mass is 10.2. The molecule has 1 rings (SSSR count). The Balaban J connectivity index is 2.38. The first-order valence-electron chi connectivity index (χ1n) is 5.00. The Hall–Kier alpha value is -2.02. The molecule has 0 fully saturated rings. The lowest BCUT2D eigenvalue weighted by Crippen LogP contribution is -2.35. The van der Waals surface area contributed by atoms with Gasteiger partial charge in [-0.2, -0.15) is 5.26 Å². The maximum atomic E-state index is 11.3. The molecule has 1 amide bonds. The molecule has 0 bridgehead atoms. The van der Waals surface area contributed by atoms with Crippen LogP contribution in [0.2, 0.25) is 0 Å². The van der Waals surface area contributed by atoms with E-state index in [0.29, 0.717) is 5.75 Å². The average Bonchev–Trinajstić information content (AvgIpc) is 2.28. The third-order valence-corrected chi connectivity index (χ3v) is 1.96. The minimum Gasteiger partial charge on any atom is -0.484 e. The summed E-state index contributed by atoms with van der Waals surface area (Å²) < 4.78 is 5.25. The molecule has 0 saturated carbocycles. The van der Waals surface area contributed by atoms with Gasteiger partial charge in [0, 0.05) is 0 Å². The van der Waals surface area contributed by atoms with Crippen molar-refractivity contribution >= 4 is 5.91 Å². The third kappa shape index (κ3) is 4.01. The van der Waals surface area contributed by atoms with Crippen molar-refractivity contribution in [3.05, 3.63) is 29.8 Å². The normalized spacial score (nSPS) is 11.3. The summed E-state index contributed by atoms with van der Waals surface area (Å²) in [5.41, 5.74) is 1.13. The molecule has 0 heterocycles. The average molecular weight is 218 g/mol. The molecule has 1 atom stereocenters. The van der Waals surface area contributed by atoms with Gasteiger partial charge < -0.3 is 10.1 Å². The molecule has 1 aromatic rings. The zero-order chi connectivity index (χ0) is 12.0. The van der Waals surface area contributed by atoms with Crippen LogP contribution in [0.1, 0.15) is 12.5 Å². The van der Waals surface area contributed by atoms with Gasteiger partial charge in [-0.1, -0.05) is 17.7 Å². The van der Waals surface area contributed by atoms with E-state index in [-0.39, 0.29) is 12.5 Å². The third-order valence-electron chi connectivity index (χ3n) is 1.96. The molecule has 0 radical (unpaired) electrons. The monoisotopic (exact) mass is 218 g/mol. The Morgan fingerprint density at radius 3 is 2.69 bits per heavy atom. The highest BCUT2D eigenvalue weighted by Crippen LogP contribution is 2.10. The van der Waals surface area contributed by atoms with E-state index in [9.17, 15) is 4.79 Å². The van der Waals surface area contributed by atoms with Crippen LogP contribution in [0.15, 0.2) is 24.3 Å². The molecule has 4 heteroatoms. The first kappa shape index (κ1) is 12.1. The number of nitriles is 1. The number of carbonyl (C=O) groups excluding carboxylic acids is 1. The van der Waals surface area contributed by atoms with Crippen molar-refractivity contribution < 1.29 is 9.53 Å². The number of carbonyl (C=O) groups is 1.